The third-order valence-electron chi connectivity index (χ3n) is 8.50. The van der Waals surface area contributed by atoms with Crippen molar-refractivity contribution < 1.29 is 8.97 Å². The van der Waals surface area contributed by atoms with Gasteiger partial charge in [-0.2, -0.15) is 0 Å². The van der Waals surface area contributed by atoms with Gasteiger partial charge in [0, 0.05) is 11.1 Å². The molecule has 2 nitrogen and oxygen atoms in total. The second kappa shape index (κ2) is 8.85. The first kappa shape index (κ1) is 21.6. The van der Waals surface area contributed by atoms with Crippen LogP contribution in [0.2, 0.25) is 0 Å². The van der Waals surface area contributed by atoms with Gasteiger partial charge in [-0.15, -0.1) is 0 Å². The number of quaternary nitrogens is 2. The third-order valence-corrected chi connectivity index (χ3v) is 8.50. The van der Waals surface area contributed by atoms with Gasteiger partial charge in [0.15, 0.2) is 0 Å². The number of hydrogen-bond acceptors (Lipinski definition) is 0. The van der Waals surface area contributed by atoms with Gasteiger partial charge in [-0.1, -0.05) is 76.2 Å². The molecular formula is C28H42N2+2. The van der Waals surface area contributed by atoms with Crippen LogP contribution in [0.5, 0.6) is 0 Å². The topological polar surface area (TPSA) is 0 Å². The van der Waals surface area contributed by atoms with Crippen molar-refractivity contribution >= 4 is 0 Å². The van der Waals surface area contributed by atoms with Gasteiger partial charge in [-0.25, -0.2) is 0 Å². The zero-order chi connectivity index (χ0) is 21.2. The molecule has 0 spiro atoms. The number of benzene rings is 2. The second-order valence-electron chi connectivity index (χ2n) is 10.4. The molecule has 3 aliphatic rings. The van der Waals surface area contributed by atoms with Crippen LogP contribution in [-0.2, 0) is 13.1 Å². The Labute approximate surface area is 184 Å². The first-order chi connectivity index (χ1) is 14.5. The fraction of sp³-hybridized carbons (Fsp3) is 0.571. The van der Waals surface area contributed by atoms with E-state index in [4.69, 9.17) is 0 Å². The summed E-state index contributed by atoms with van der Waals surface area (Å²) >= 11 is 0. The molecule has 5 rings (SSSR count). The van der Waals surface area contributed by atoms with Crippen LogP contribution in [0, 0.1) is 0 Å². The summed E-state index contributed by atoms with van der Waals surface area (Å²) in [6.07, 6.45) is 2.44. The Kier molecular flexibility index (Phi) is 6.36. The Hall–Kier alpha value is -1.64. The molecule has 2 unspecified atom stereocenters. The van der Waals surface area contributed by atoms with Crippen LogP contribution in [0.4, 0.5) is 0 Å². The van der Waals surface area contributed by atoms with E-state index in [0.29, 0.717) is 11.8 Å². The van der Waals surface area contributed by atoms with Gasteiger partial charge in [0.25, 0.3) is 0 Å². The fourth-order valence-corrected chi connectivity index (χ4v) is 5.57. The average Bonchev–Trinajstić information content (AvgIpc) is 2.80. The SMILES string of the molecule is CCC(C)c1ccc(C[N+]23CC[N+](Cc4ccc(C(C)CC)cc4)(CC2)CC3)cc1. The summed E-state index contributed by atoms with van der Waals surface area (Å²) in [7, 11) is 0. The summed E-state index contributed by atoms with van der Waals surface area (Å²) in [5.41, 5.74) is 6.05. The Morgan fingerprint density at radius 2 is 0.867 bits per heavy atom. The molecular weight excluding hydrogens is 364 g/mol. The van der Waals surface area contributed by atoms with Crippen molar-refractivity contribution in [3.63, 3.8) is 0 Å². The normalized spacial score (nSPS) is 27.7. The van der Waals surface area contributed by atoms with E-state index in [9.17, 15) is 0 Å². The molecule has 0 N–H and O–H groups in total. The zero-order valence-electron chi connectivity index (χ0n) is 19.7. The molecule has 2 bridgehead atoms. The molecule has 3 heterocycles. The van der Waals surface area contributed by atoms with E-state index >= 15 is 0 Å². The minimum Gasteiger partial charge on any atom is -0.306 e. The molecule has 0 aromatic heterocycles. The molecule has 3 fully saturated rings. The lowest BCUT2D eigenvalue weighted by Gasteiger charge is -2.55. The lowest BCUT2D eigenvalue weighted by molar-refractivity contribution is -1.09. The smallest absolute Gasteiger partial charge is 0.129 e. The predicted octanol–water partition coefficient (Wildman–Crippen LogP) is 6.07. The van der Waals surface area contributed by atoms with E-state index in [0.717, 1.165) is 0 Å². The largest absolute Gasteiger partial charge is 0.306 e. The monoisotopic (exact) mass is 406 g/mol. The van der Waals surface area contributed by atoms with Gasteiger partial charge >= 0.3 is 0 Å². The maximum Gasteiger partial charge on any atom is 0.129 e. The van der Waals surface area contributed by atoms with Crippen LogP contribution in [0.25, 0.3) is 0 Å². The van der Waals surface area contributed by atoms with Gasteiger partial charge in [0.1, 0.15) is 52.4 Å². The number of nitrogens with zero attached hydrogens (tertiary/aromatic N) is 2. The van der Waals surface area contributed by atoms with E-state index < -0.39 is 0 Å². The third kappa shape index (κ3) is 4.50. The molecule has 162 valence electrons. The van der Waals surface area contributed by atoms with E-state index in [1.165, 1.54) is 96.4 Å². The van der Waals surface area contributed by atoms with Crippen molar-refractivity contribution in [3.8, 4) is 0 Å². The number of fused-ring (bicyclic) bond motifs is 3. The van der Waals surface area contributed by atoms with Crippen molar-refractivity contribution in [2.24, 2.45) is 0 Å². The van der Waals surface area contributed by atoms with Gasteiger partial charge in [0.2, 0.25) is 0 Å². The van der Waals surface area contributed by atoms with Crippen LogP contribution in [0.3, 0.4) is 0 Å². The summed E-state index contributed by atoms with van der Waals surface area (Å²) in [4.78, 5) is 0. The minimum absolute atomic E-state index is 0.674. The molecule has 0 radical (unpaired) electrons. The predicted molar refractivity (Wildman–Crippen MR) is 127 cm³/mol. The molecule has 2 heteroatoms. The Morgan fingerprint density at radius 3 is 1.13 bits per heavy atom. The molecule has 2 aromatic rings. The summed E-state index contributed by atoms with van der Waals surface area (Å²) in [5, 5.41) is 0. The van der Waals surface area contributed by atoms with Gasteiger partial charge in [-0.3, -0.25) is 0 Å². The van der Waals surface area contributed by atoms with Crippen molar-refractivity contribution in [2.75, 3.05) is 39.3 Å². The van der Waals surface area contributed by atoms with Gasteiger partial charge in [-0.05, 0) is 35.8 Å². The van der Waals surface area contributed by atoms with Crippen LogP contribution < -0.4 is 0 Å². The maximum absolute atomic E-state index is 2.40. The fourth-order valence-electron chi connectivity index (χ4n) is 5.57. The molecule has 0 saturated carbocycles. The van der Waals surface area contributed by atoms with Crippen LogP contribution >= 0.6 is 0 Å². The lowest BCUT2D eigenvalue weighted by atomic mass is 9.96. The Morgan fingerprint density at radius 1 is 0.567 bits per heavy atom. The summed E-state index contributed by atoms with van der Waals surface area (Å²) in [6.45, 7) is 19.8. The molecule has 3 saturated heterocycles. The summed E-state index contributed by atoms with van der Waals surface area (Å²) in [5.74, 6) is 1.35. The van der Waals surface area contributed by atoms with Crippen molar-refractivity contribution in [3.05, 3.63) is 70.8 Å². The van der Waals surface area contributed by atoms with E-state index in [2.05, 4.69) is 76.2 Å². The molecule has 2 aromatic carbocycles. The van der Waals surface area contributed by atoms with Crippen LogP contribution in [0.1, 0.15) is 74.6 Å². The lowest BCUT2D eigenvalue weighted by Crippen LogP contribution is -2.74. The van der Waals surface area contributed by atoms with Gasteiger partial charge < -0.3 is 8.97 Å². The highest BCUT2D eigenvalue weighted by molar-refractivity contribution is 5.25. The zero-order valence-corrected chi connectivity index (χ0v) is 19.7. The second-order valence-corrected chi connectivity index (χ2v) is 10.4. The van der Waals surface area contributed by atoms with Crippen LogP contribution in [-0.4, -0.2) is 48.2 Å². The Balaban J connectivity index is 1.37. The van der Waals surface area contributed by atoms with Crippen molar-refractivity contribution in [1.29, 1.82) is 0 Å². The first-order valence-electron chi connectivity index (χ1n) is 12.3. The molecule has 0 amide bonds. The average molecular weight is 407 g/mol. The minimum atomic E-state index is 0.674. The van der Waals surface area contributed by atoms with E-state index in [1.54, 1.807) is 0 Å². The summed E-state index contributed by atoms with van der Waals surface area (Å²) < 4.78 is 2.63. The van der Waals surface area contributed by atoms with E-state index in [1.807, 2.05) is 0 Å². The van der Waals surface area contributed by atoms with Crippen molar-refractivity contribution in [1.82, 2.24) is 0 Å². The van der Waals surface area contributed by atoms with E-state index in [-0.39, 0.29) is 0 Å². The first-order valence-corrected chi connectivity index (χ1v) is 12.3. The van der Waals surface area contributed by atoms with Crippen LogP contribution in [0.15, 0.2) is 48.5 Å². The molecule has 2 atom stereocenters. The highest BCUT2D eigenvalue weighted by Crippen LogP contribution is 2.31. The Bertz CT molecular complexity index is 725. The number of piperazine rings is 3. The number of rotatable bonds is 8. The maximum atomic E-state index is 2.40. The van der Waals surface area contributed by atoms with Crippen molar-refractivity contribution in [2.45, 2.75) is 65.5 Å². The standard InChI is InChI=1S/C28H42N2/c1-5-23(3)27-11-7-25(8-12-27)21-29-15-18-30(19-16-29,20-17-29)22-26-9-13-28(14-10-26)24(4)6-2/h7-14,23-24H,5-6,15-22H2,1-4H3/q+2. The molecule has 30 heavy (non-hydrogen) atoms. The quantitative estimate of drug-likeness (QED) is 0.466. The highest BCUT2D eigenvalue weighted by Gasteiger charge is 2.48. The molecule has 3 aliphatic heterocycles. The highest BCUT2D eigenvalue weighted by atomic mass is 15.5. The number of hydrogen-bond donors (Lipinski definition) is 0. The van der Waals surface area contributed by atoms with Gasteiger partial charge in [0.05, 0.1) is 0 Å². The summed E-state index contributed by atoms with van der Waals surface area (Å²) in [6, 6.07) is 19.1. The molecule has 0 aliphatic carbocycles.